The summed E-state index contributed by atoms with van der Waals surface area (Å²) in [6, 6.07) is 0.694. The molecule has 0 heterocycles. The summed E-state index contributed by atoms with van der Waals surface area (Å²) in [5, 5.41) is 1.03. The molecular weight excluding hydrogens is 221 g/mol. The topological polar surface area (TPSA) is 3.24 Å². The third-order valence-electron chi connectivity index (χ3n) is 2.54. The van der Waals surface area contributed by atoms with Gasteiger partial charge in [0.15, 0.2) is 0 Å². The molecule has 1 nitrogen and oxygen atoms in total. The average molecular weight is 238 g/mol. The highest BCUT2D eigenvalue weighted by molar-refractivity contribution is 9.09. The average Bonchev–Trinajstić information content (AvgIpc) is 1.97. The minimum Gasteiger partial charge on any atom is -0.298 e. The monoisotopic (exact) mass is 237 g/mol. The van der Waals surface area contributed by atoms with Crippen molar-refractivity contribution in [3.8, 4) is 0 Å². The Morgan fingerprint density at radius 1 is 1.33 bits per heavy atom. The Morgan fingerprint density at radius 2 is 2.08 bits per heavy atom. The molecule has 0 bridgehead atoms. The second-order valence-corrected chi connectivity index (χ2v) is 4.15. The second-order valence-electron chi connectivity index (χ2n) is 3.35. The Balaban J connectivity index is 2.17. The van der Waals surface area contributed by atoms with Crippen LogP contribution >= 0.6 is 15.9 Å². The second kappa shape index (κ2) is 5.92. The van der Waals surface area contributed by atoms with E-state index in [1.165, 1.54) is 19.3 Å². The van der Waals surface area contributed by atoms with Crippen LogP contribution in [-0.4, -0.2) is 36.0 Å². The number of alkyl halides is 2. The first-order chi connectivity index (χ1) is 5.88. The zero-order chi connectivity index (χ0) is 8.81. The van der Waals surface area contributed by atoms with Gasteiger partial charge in [0.2, 0.25) is 0 Å². The molecule has 1 saturated carbocycles. The van der Waals surface area contributed by atoms with Gasteiger partial charge in [-0.25, -0.2) is 4.39 Å². The van der Waals surface area contributed by atoms with Crippen molar-refractivity contribution in [1.29, 1.82) is 0 Å². The lowest BCUT2D eigenvalue weighted by Crippen LogP contribution is -2.42. The van der Waals surface area contributed by atoms with Crippen molar-refractivity contribution in [2.45, 2.75) is 31.7 Å². The van der Waals surface area contributed by atoms with Crippen LogP contribution in [0.5, 0.6) is 0 Å². The predicted octanol–water partition coefficient (Wildman–Crippen LogP) is 2.60. The molecule has 0 aromatic carbocycles. The van der Waals surface area contributed by atoms with E-state index in [-0.39, 0.29) is 6.67 Å². The van der Waals surface area contributed by atoms with E-state index in [2.05, 4.69) is 20.8 Å². The summed E-state index contributed by atoms with van der Waals surface area (Å²) in [5.41, 5.74) is 0. The minimum atomic E-state index is -0.196. The Bertz CT molecular complexity index is 117. The molecule has 0 radical (unpaired) electrons. The van der Waals surface area contributed by atoms with Crippen LogP contribution in [0.25, 0.3) is 0 Å². The zero-order valence-electron chi connectivity index (χ0n) is 7.44. The van der Waals surface area contributed by atoms with E-state index >= 15 is 0 Å². The van der Waals surface area contributed by atoms with Crippen molar-refractivity contribution in [1.82, 2.24) is 4.90 Å². The Hall–Kier alpha value is 0.370. The van der Waals surface area contributed by atoms with Crippen LogP contribution < -0.4 is 0 Å². The summed E-state index contributed by atoms with van der Waals surface area (Å²) in [5.74, 6) is 0. The third-order valence-corrected chi connectivity index (χ3v) is 3.10. The van der Waals surface area contributed by atoms with Crippen molar-refractivity contribution in [3.63, 3.8) is 0 Å². The van der Waals surface area contributed by atoms with Gasteiger partial charge >= 0.3 is 0 Å². The van der Waals surface area contributed by atoms with Gasteiger partial charge in [0.25, 0.3) is 0 Å². The molecule has 1 aliphatic carbocycles. The van der Waals surface area contributed by atoms with Gasteiger partial charge in [0, 0.05) is 17.9 Å². The molecule has 0 aliphatic heterocycles. The summed E-state index contributed by atoms with van der Waals surface area (Å²) >= 11 is 3.40. The fraction of sp³-hybridized carbons (Fsp3) is 1.00. The number of hydrogen-bond donors (Lipinski definition) is 0. The number of nitrogens with zero attached hydrogens (tertiary/aromatic N) is 1. The standard InChI is InChI=1S/C9H17BrFN/c10-5-2-7-12(8-6-11)9-3-1-4-9/h9H,1-8H2. The summed E-state index contributed by atoms with van der Waals surface area (Å²) in [7, 11) is 0. The van der Waals surface area contributed by atoms with Gasteiger partial charge in [-0.1, -0.05) is 22.4 Å². The fourth-order valence-corrected chi connectivity index (χ4v) is 1.85. The van der Waals surface area contributed by atoms with Crippen molar-refractivity contribution in [2.75, 3.05) is 25.1 Å². The minimum absolute atomic E-state index is 0.196. The van der Waals surface area contributed by atoms with Crippen molar-refractivity contribution >= 4 is 15.9 Å². The molecule has 12 heavy (non-hydrogen) atoms. The van der Waals surface area contributed by atoms with Crippen LogP contribution in [0.4, 0.5) is 4.39 Å². The molecule has 72 valence electrons. The predicted molar refractivity (Wildman–Crippen MR) is 53.6 cm³/mol. The molecule has 0 aromatic heterocycles. The number of halogens is 2. The SMILES string of the molecule is FCCN(CCCBr)C1CCC1. The summed E-state index contributed by atoms with van der Waals surface area (Å²) in [4.78, 5) is 2.30. The lowest BCUT2D eigenvalue weighted by molar-refractivity contribution is 0.119. The van der Waals surface area contributed by atoms with Crippen molar-refractivity contribution in [3.05, 3.63) is 0 Å². The van der Waals surface area contributed by atoms with E-state index in [9.17, 15) is 4.39 Å². The molecule has 3 heteroatoms. The van der Waals surface area contributed by atoms with Crippen LogP contribution in [0, 0.1) is 0 Å². The molecule has 0 unspecified atom stereocenters. The highest BCUT2D eigenvalue weighted by Crippen LogP contribution is 2.24. The zero-order valence-corrected chi connectivity index (χ0v) is 9.02. The lowest BCUT2D eigenvalue weighted by Gasteiger charge is -2.36. The van der Waals surface area contributed by atoms with Gasteiger partial charge in [-0.2, -0.15) is 0 Å². The van der Waals surface area contributed by atoms with E-state index in [0.29, 0.717) is 12.6 Å². The van der Waals surface area contributed by atoms with Crippen LogP contribution in [-0.2, 0) is 0 Å². The fourth-order valence-electron chi connectivity index (χ4n) is 1.60. The van der Waals surface area contributed by atoms with E-state index in [0.717, 1.165) is 18.3 Å². The van der Waals surface area contributed by atoms with Gasteiger partial charge in [-0.15, -0.1) is 0 Å². The molecular formula is C9H17BrFN. The molecule has 1 aliphatic rings. The van der Waals surface area contributed by atoms with E-state index in [4.69, 9.17) is 0 Å². The molecule has 0 saturated heterocycles. The lowest BCUT2D eigenvalue weighted by atomic mass is 9.91. The van der Waals surface area contributed by atoms with Gasteiger partial charge in [-0.3, -0.25) is 4.90 Å². The first-order valence-electron chi connectivity index (χ1n) is 4.74. The summed E-state index contributed by atoms with van der Waals surface area (Å²) in [6.07, 6.45) is 5.03. The van der Waals surface area contributed by atoms with Gasteiger partial charge in [-0.05, 0) is 25.8 Å². The van der Waals surface area contributed by atoms with Crippen molar-refractivity contribution in [2.24, 2.45) is 0 Å². The first kappa shape index (κ1) is 10.5. The molecule has 1 rings (SSSR count). The molecule has 1 fully saturated rings. The maximum Gasteiger partial charge on any atom is 0.102 e. The number of rotatable bonds is 6. The highest BCUT2D eigenvalue weighted by atomic mass is 79.9. The van der Waals surface area contributed by atoms with Crippen LogP contribution in [0.3, 0.4) is 0 Å². The summed E-state index contributed by atoms with van der Waals surface area (Å²) in [6.45, 7) is 1.50. The Morgan fingerprint density at radius 3 is 2.50 bits per heavy atom. The van der Waals surface area contributed by atoms with Crippen LogP contribution in [0.1, 0.15) is 25.7 Å². The van der Waals surface area contributed by atoms with Gasteiger partial charge < -0.3 is 0 Å². The van der Waals surface area contributed by atoms with Crippen molar-refractivity contribution < 1.29 is 4.39 Å². The molecule has 0 aromatic rings. The van der Waals surface area contributed by atoms with E-state index in [1.807, 2.05) is 0 Å². The van der Waals surface area contributed by atoms with Gasteiger partial charge in [0.1, 0.15) is 6.67 Å². The van der Waals surface area contributed by atoms with Crippen LogP contribution in [0.2, 0.25) is 0 Å². The van der Waals surface area contributed by atoms with E-state index < -0.39 is 0 Å². The third kappa shape index (κ3) is 3.02. The summed E-state index contributed by atoms with van der Waals surface area (Å²) < 4.78 is 12.1. The molecule has 0 amide bonds. The molecule has 0 atom stereocenters. The molecule has 0 N–H and O–H groups in total. The maximum atomic E-state index is 12.1. The Labute approximate surface area is 82.4 Å². The quantitative estimate of drug-likeness (QED) is 0.643. The van der Waals surface area contributed by atoms with E-state index in [1.54, 1.807) is 0 Å². The van der Waals surface area contributed by atoms with Crippen LogP contribution in [0.15, 0.2) is 0 Å². The van der Waals surface area contributed by atoms with Gasteiger partial charge in [0.05, 0.1) is 0 Å². The number of hydrogen-bond acceptors (Lipinski definition) is 1. The Kier molecular flexibility index (Phi) is 5.16. The smallest absolute Gasteiger partial charge is 0.102 e. The largest absolute Gasteiger partial charge is 0.298 e. The molecule has 0 spiro atoms. The normalized spacial score (nSPS) is 18.2. The maximum absolute atomic E-state index is 12.1. The highest BCUT2D eigenvalue weighted by Gasteiger charge is 2.23. The first-order valence-corrected chi connectivity index (χ1v) is 5.86.